The molecule has 0 radical (unpaired) electrons. The third-order valence-electron chi connectivity index (χ3n) is 5.21. The van der Waals surface area contributed by atoms with E-state index < -0.39 is 12.0 Å². The van der Waals surface area contributed by atoms with Crippen molar-refractivity contribution in [2.24, 2.45) is 0 Å². The van der Waals surface area contributed by atoms with Gasteiger partial charge in [0.05, 0.1) is 31.5 Å². The molecule has 162 valence electrons. The lowest BCUT2D eigenvalue weighted by Gasteiger charge is -2.37. The second-order valence-corrected chi connectivity index (χ2v) is 7.35. The molecule has 31 heavy (non-hydrogen) atoms. The van der Waals surface area contributed by atoms with Gasteiger partial charge < -0.3 is 29.4 Å². The van der Waals surface area contributed by atoms with E-state index in [1.165, 1.54) is 20.3 Å². The Morgan fingerprint density at radius 1 is 1.16 bits per heavy atom. The van der Waals surface area contributed by atoms with Gasteiger partial charge >= 0.3 is 5.97 Å². The average Bonchev–Trinajstić information content (AvgIpc) is 2.78. The van der Waals surface area contributed by atoms with Crippen LogP contribution in [0.5, 0.6) is 23.0 Å². The van der Waals surface area contributed by atoms with Crippen LogP contribution in [0.1, 0.15) is 18.5 Å². The normalized spacial score (nSPS) is 17.8. The van der Waals surface area contributed by atoms with E-state index in [0.29, 0.717) is 52.4 Å². The zero-order valence-corrected chi connectivity index (χ0v) is 18.1. The van der Waals surface area contributed by atoms with Crippen LogP contribution in [0.25, 0.3) is 0 Å². The smallest absolute Gasteiger partial charge is 0.337 e. The minimum absolute atomic E-state index is 0.0381. The van der Waals surface area contributed by atoms with Crippen LogP contribution in [0.4, 0.5) is 5.69 Å². The summed E-state index contributed by atoms with van der Waals surface area (Å²) in [6.45, 7) is 2.76. The number of esters is 1. The Hall–Kier alpha value is -3.46. The second kappa shape index (κ2) is 8.35. The molecule has 8 nitrogen and oxygen atoms in total. The third kappa shape index (κ3) is 3.72. The van der Waals surface area contributed by atoms with Crippen LogP contribution in [0.3, 0.4) is 0 Å². The maximum absolute atomic E-state index is 12.8. The van der Waals surface area contributed by atoms with Crippen molar-refractivity contribution in [3.8, 4) is 23.0 Å². The van der Waals surface area contributed by atoms with Gasteiger partial charge in [-0.1, -0.05) is 6.07 Å². The quantitative estimate of drug-likeness (QED) is 0.548. The second-order valence-electron chi connectivity index (χ2n) is 6.97. The number of methoxy groups -OCH3 is 2. The van der Waals surface area contributed by atoms with Crippen LogP contribution in [-0.4, -0.2) is 43.6 Å². The molecular weight excluding hydrogens is 420 g/mol. The van der Waals surface area contributed by atoms with E-state index in [1.807, 2.05) is 18.2 Å². The zero-order valence-electron chi connectivity index (χ0n) is 17.3. The van der Waals surface area contributed by atoms with Crippen LogP contribution in [0.15, 0.2) is 47.7 Å². The lowest BCUT2D eigenvalue weighted by Crippen LogP contribution is -2.48. The first-order valence-corrected chi connectivity index (χ1v) is 10.0. The number of carbonyl (C=O) groups excluding carboxylic acids is 1. The molecule has 9 heteroatoms. The number of rotatable bonds is 4. The van der Waals surface area contributed by atoms with Gasteiger partial charge in [-0.3, -0.25) is 4.90 Å². The molecule has 0 amide bonds. The number of fused-ring (bicyclic) bond motifs is 1. The van der Waals surface area contributed by atoms with Crippen molar-refractivity contribution in [1.82, 2.24) is 5.32 Å². The van der Waals surface area contributed by atoms with Crippen molar-refractivity contribution in [2.45, 2.75) is 13.0 Å². The Bertz CT molecular complexity index is 1080. The number of hydrogen-bond donors (Lipinski definition) is 2. The van der Waals surface area contributed by atoms with Crippen molar-refractivity contribution in [2.75, 3.05) is 32.3 Å². The Balaban J connectivity index is 1.79. The fourth-order valence-electron chi connectivity index (χ4n) is 3.74. The number of thiocarbonyl (C=S) groups is 1. The molecular formula is C22H22N2O6S. The monoisotopic (exact) mass is 442 g/mol. The molecule has 2 heterocycles. The first-order chi connectivity index (χ1) is 14.9. The minimum Gasteiger partial charge on any atom is -0.504 e. The van der Waals surface area contributed by atoms with E-state index >= 15 is 0 Å². The molecule has 2 aromatic carbocycles. The molecule has 0 aliphatic carbocycles. The van der Waals surface area contributed by atoms with Crippen molar-refractivity contribution >= 4 is 29.0 Å². The van der Waals surface area contributed by atoms with Crippen molar-refractivity contribution in [3.05, 3.63) is 53.2 Å². The topological polar surface area (TPSA) is 89.5 Å². The Morgan fingerprint density at radius 2 is 1.90 bits per heavy atom. The van der Waals surface area contributed by atoms with E-state index in [-0.39, 0.29) is 5.75 Å². The summed E-state index contributed by atoms with van der Waals surface area (Å²) < 4.78 is 21.4. The van der Waals surface area contributed by atoms with E-state index in [9.17, 15) is 9.90 Å². The van der Waals surface area contributed by atoms with Crippen molar-refractivity contribution in [3.63, 3.8) is 0 Å². The summed E-state index contributed by atoms with van der Waals surface area (Å²) in [6.07, 6.45) is 0. The van der Waals surface area contributed by atoms with E-state index in [1.54, 1.807) is 24.0 Å². The molecule has 0 saturated carbocycles. The number of anilines is 1. The number of nitrogens with zero attached hydrogens (tertiary/aromatic N) is 1. The van der Waals surface area contributed by atoms with E-state index in [2.05, 4.69) is 5.32 Å². The summed E-state index contributed by atoms with van der Waals surface area (Å²) in [6, 6.07) is 9.80. The summed E-state index contributed by atoms with van der Waals surface area (Å²) in [5.41, 5.74) is 2.34. The number of phenolic OH excluding ortho intramolecular Hbond substituents is 1. The summed E-state index contributed by atoms with van der Waals surface area (Å²) >= 11 is 5.64. The SMILES string of the molecule is COC(=O)C1=C(C)N(c2ccc3c(c2)OCCO3)C(=S)NC1c1ccc(OC)c(O)c1. The third-order valence-corrected chi connectivity index (χ3v) is 5.51. The summed E-state index contributed by atoms with van der Waals surface area (Å²) in [7, 11) is 2.80. The first kappa shape index (κ1) is 20.8. The number of hydrogen-bond acceptors (Lipinski definition) is 7. The highest BCUT2D eigenvalue weighted by Crippen LogP contribution is 2.40. The highest BCUT2D eigenvalue weighted by atomic mass is 32.1. The minimum atomic E-state index is -0.606. The van der Waals surface area contributed by atoms with Gasteiger partial charge in [0.15, 0.2) is 28.1 Å². The molecule has 2 aliphatic heterocycles. The Kier molecular flexibility index (Phi) is 5.60. The van der Waals surface area contributed by atoms with Crippen LogP contribution in [-0.2, 0) is 9.53 Å². The molecule has 2 aromatic rings. The van der Waals surface area contributed by atoms with Crippen LogP contribution in [0.2, 0.25) is 0 Å². The number of ether oxygens (including phenoxy) is 4. The first-order valence-electron chi connectivity index (χ1n) is 9.61. The largest absolute Gasteiger partial charge is 0.504 e. The number of carbonyl (C=O) groups is 1. The molecule has 0 spiro atoms. The summed E-state index contributed by atoms with van der Waals surface area (Å²) in [5, 5.41) is 13.8. The fourth-order valence-corrected chi connectivity index (χ4v) is 4.10. The molecule has 1 unspecified atom stereocenters. The molecule has 0 bridgehead atoms. The molecule has 0 saturated heterocycles. The zero-order chi connectivity index (χ0) is 22.1. The van der Waals surface area contributed by atoms with E-state index in [4.69, 9.17) is 31.2 Å². The molecule has 2 N–H and O–H groups in total. The summed E-state index contributed by atoms with van der Waals surface area (Å²) in [4.78, 5) is 14.5. The van der Waals surface area contributed by atoms with Gasteiger partial charge in [0.1, 0.15) is 13.2 Å². The van der Waals surface area contributed by atoms with Gasteiger partial charge in [-0.25, -0.2) is 4.79 Å². The number of allylic oxidation sites excluding steroid dienone is 1. The number of benzene rings is 2. The lowest BCUT2D eigenvalue weighted by molar-refractivity contribution is -0.136. The lowest BCUT2D eigenvalue weighted by atomic mass is 9.94. The number of aromatic hydroxyl groups is 1. The molecule has 1 atom stereocenters. The van der Waals surface area contributed by atoms with Crippen LogP contribution < -0.4 is 24.4 Å². The van der Waals surface area contributed by atoms with Gasteiger partial charge in [-0.05, 0) is 49.0 Å². The van der Waals surface area contributed by atoms with Gasteiger partial charge in [0.2, 0.25) is 0 Å². The summed E-state index contributed by atoms with van der Waals surface area (Å²) in [5.74, 6) is 1.06. The van der Waals surface area contributed by atoms with Gasteiger partial charge in [-0.2, -0.15) is 0 Å². The van der Waals surface area contributed by atoms with Crippen molar-refractivity contribution in [1.29, 1.82) is 0 Å². The predicted octanol–water partition coefficient (Wildman–Crippen LogP) is 3.05. The van der Waals surface area contributed by atoms with Gasteiger partial charge in [0.25, 0.3) is 0 Å². The maximum atomic E-state index is 12.8. The van der Waals surface area contributed by atoms with Crippen LogP contribution >= 0.6 is 12.2 Å². The van der Waals surface area contributed by atoms with Crippen LogP contribution in [0, 0.1) is 0 Å². The number of nitrogens with one attached hydrogen (secondary N) is 1. The fraction of sp³-hybridized carbons (Fsp3) is 0.273. The maximum Gasteiger partial charge on any atom is 0.337 e. The predicted molar refractivity (Wildman–Crippen MR) is 118 cm³/mol. The molecule has 4 rings (SSSR count). The Labute approximate surface area is 185 Å². The molecule has 0 aromatic heterocycles. The molecule has 0 fully saturated rings. The Morgan fingerprint density at radius 3 is 2.58 bits per heavy atom. The van der Waals surface area contributed by atoms with Crippen molar-refractivity contribution < 1.29 is 28.8 Å². The molecule has 2 aliphatic rings. The van der Waals surface area contributed by atoms with Gasteiger partial charge in [-0.15, -0.1) is 0 Å². The standard InChI is InChI=1S/C22H22N2O6S/c1-12-19(21(26)28-3)20(13-4-6-16(27-2)15(25)10-13)23-22(31)24(12)14-5-7-17-18(11-14)30-9-8-29-17/h4-7,10-11,20,25H,8-9H2,1-3H3,(H,23,31). The average molecular weight is 442 g/mol. The van der Waals surface area contributed by atoms with Gasteiger partial charge in [0, 0.05) is 11.8 Å². The van der Waals surface area contributed by atoms with E-state index in [0.717, 1.165) is 5.69 Å². The highest BCUT2D eigenvalue weighted by molar-refractivity contribution is 7.80. The number of phenols is 1. The highest BCUT2D eigenvalue weighted by Gasteiger charge is 2.36.